The van der Waals surface area contributed by atoms with Crippen molar-refractivity contribution in [2.24, 2.45) is 0 Å². The van der Waals surface area contributed by atoms with Crippen LogP contribution >= 0.6 is 0 Å². The first kappa shape index (κ1) is 11.3. The van der Waals surface area contributed by atoms with Crippen LogP contribution in [0.4, 0.5) is 8.78 Å². The molecule has 0 aliphatic rings. The predicted octanol–water partition coefficient (Wildman–Crippen LogP) is 1.98. The van der Waals surface area contributed by atoms with Gasteiger partial charge in [-0.1, -0.05) is 0 Å². The van der Waals surface area contributed by atoms with E-state index >= 15 is 0 Å². The van der Waals surface area contributed by atoms with E-state index in [4.69, 9.17) is 0 Å². The highest BCUT2D eigenvalue weighted by molar-refractivity contribution is 6.01. The van der Waals surface area contributed by atoms with Gasteiger partial charge in [-0.2, -0.15) is 0 Å². The van der Waals surface area contributed by atoms with E-state index < -0.39 is 39.9 Å². The Hall–Kier alpha value is -2.24. The molecule has 0 saturated carbocycles. The molecule has 0 bridgehead atoms. The van der Waals surface area contributed by atoms with Crippen LogP contribution in [-0.4, -0.2) is 10.9 Å². The van der Waals surface area contributed by atoms with Gasteiger partial charge in [0.2, 0.25) is 0 Å². The zero-order valence-electron chi connectivity index (χ0n) is 8.58. The maximum absolute atomic E-state index is 13.3. The number of hydrogen-bond acceptors (Lipinski definition) is 4. The first-order chi connectivity index (χ1) is 7.91. The van der Waals surface area contributed by atoms with Crippen LogP contribution in [0.3, 0.4) is 0 Å². The highest BCUT2D eigenvalue weighted by Crippen LogP contribution is 2.28. The number of Topliss-reactive ketones (excluding diaryl/α,β-unsaturated/α-hetero) is 1. The average molecular weight is 240 g/mol. The first-order valence-corrected chi connectivity index (χ1v) is 4.57. The molecular formula is C11H6F2O4. The van der Waals surface area contributed by atoms with Crippen molar-refractivity contribution in [3.05, 3.63) is 39.8 Å². The van der Waals surface area contributed by atoms with Crippen LogP contribution in [0.2, 0.25) is 0 Å². The molecule has 1 aromatic carbocycles. The molecule has 4 nitrogen and oxygen atoms in total. The third-order valence-corrected chi connectivity index (χ3v) is 2.25. The fraction of sp³-hybridized carbons (Fsp3) is 0.0909. The van der Waals surface area contributed by atoms with Gasteiger partial charge in [0, 0.05) is 6.07 Å². The van der Waals surface area contributed by atoms with Crippen LogP contribution < -0.4 is 5.63 Å². The highest BCUT2D eigenvalue weighted by Gasteiger charge is 2.20. The zero-order chi connectivity index (χ0) is 12.7. The van der Waals surface area contributed by atoms with E-state index in [1.54, 1.807) is 0 Å². The molecular weight excluding hydrogens is 234 g/mol. The van der Waals surface area contributed by atoms with Crippen molar-refractivity contribution < 1.29 is 23.1 Å². The van der Waals surface area contributed by atoms with Crippen LogP contribution in [0, 0.1) is 11.6 Å². The molecule has 0 radical (unpaired) electrons. The Kier molecular flexibility index (Phi) is 2.42. The van der Waals surface area contributed by atoms with Gasteiger partial charge in [0.1, 0.15) is 17.1 Å². The van der Waals surface area contributed by atoms with Gasteiger partial charge in [0.05, 0.1) is 5.39 Å². The second-order valence-electron chi connectivity index (χ2n) is 3.43. The molecule has 17 heavy (non-hydrogen) atoms. The molecule has 2 aromatic rings. The number of rotatable bonds is 1. The van der Waals surface area contributed by atoms with Gasteiger partial charge in [0.25, 0.3) is 0 Å². The van der Waals surface area contributed by atoms with Crippen LogP contribution in [0.1, 0.15) is 17.3 Å². The van der Waals surface area contributed by atoms with Gasteiger partial charge >= 0.3 is 5.63 Å². The van der Waals surface area contributed by atoms with Crippen molar-refractivity contribution in [3.8, 4) is 5.75 Å². The van der Waals surface area contributed by atoms with E-state index in [1.807, 2.05) is 0 Å². The monoisotopic (exact) mass is 240 g/mol. The molecule has 0 spiro atoms. The summed E-state index contributed by atoms with van der Waals surface area (Å²) in [5.74, 6) is -3.60. The topological polar surface area (TPSA) is 67.5 Å². The van der Waals surface area contributed by atoms with E-state index in [-0.39, 0.29) is 5.39 Å². The lowest BCUT2D eigenvalue weighted by Crippen LogP contribution is -2.12. The van der Waals surface area contributed by atoms with Crippen molar-refractivity contribution in [1.82, 2.24) is 0 Å². The summed E-state index contributed by atoms with van der Waals surface area (Å²) in [6.07, 6.45) is 0. The Morgan fingerprint density at radius 1 is 1.35 bits per heavy atom. The molecule has 0 aliphatic carbocycles. The fourth-order valence-corrected chi connectivity index (χ4v) is 1.53. The third-order valence-electron chi connectivity index (χ3n) is 2.25. The molecule has 0 unspecified atom stereocenters. The largest absolute Gasteiger partial charge is 0.506 e. The number of aromatic hydroxyl groups is 1. The average Bonchev–Trinajstić information content (AvgIpc) is 2.19. The smallest absolute Gasteiger partial charge is 0.351 e. The molecule has 1 heterocycles. The molecule has 0 atom stereocenters. The van der Waals surface area contributed by atoms with Crippen molar-refractivity contribution >= 4 is 16.8 Å². The van der Waals surface area contributed by atoms with Crippen LogP contribution in [0.25, 0.3) is 11.0 Å². The lowest BCUT2D eigenvalue weighted by molar-refractivity contribution is 0.101. The summed E-state index contributed by atoms with van der Waals surface area (Å²) >= 11 is 0. The number of benzene rings is 1. The number of halogens is 2. The minimum Gasteiger partial charge on any atom is -0.506 e. The summed E-state index contributed by atoms with van der Waals surface area (Å²) in [5.41, 5.74) is -2.37. The molecule has 6 heteroatoms. The molecule has 1 aromatic heterocycles. The molecule has 0 fully saturated rings. The third kappa shape index (κ3) is 1.67. The van der Waals surface area contributed by atoms with E-state index in [0.717, 1.165) is 13.0 Å². The summed E-state index contributed by atoms with van der Waals surface area (Å²) in [4.78, 5) is 22.4. The van der Waals surface area contributed by atoms with E-state index in [0.29, 0.717) is 6.07 Å². The molecule has 0 aliphatic heterocycles. The molecule has 0 saturated heterocycles. The van der Waals surface area contributed by atoms with Crippen molar-refractivity contribution in [2.75, 3.05) is 0 Å². The normalized spacial score (nSPS) is 10.8. The standard InChI is InChI=1S/C11H6F2O4/c1-4(14)8-9(15)6-2-5(12)3-7(13)10(6)17-11(8)16/h2-3,15H,1H3. The number of carbonyl (C=O) groups is 1. The highest BCUT2D eigenvalue weighted by atomic mass is 19.1. The minimum atomic E-state index is -1.16. The van der Waals surface area contributed by atoms with Crippen LogP contribution in [0.15, 0.2) is 21.3 Å². The van der Waals surface area contributed by atoms with E-state index in [1.165, 1.54) is 0 Å². The van der Waals surface area contributed by atoms with Crippen molar-refractivity contribution in [3.63, 3.8) is 0 Å². The number of ketones is 1. The number of fused-ring (bicyclic) bond motifs is 1. The minimum absolute atomic E-state index is 0.354. The summed E-state index contributed by atoms with van der Waals surface area (Å²) in [5, 5.41) is 9.28. The maximum atomic E-state index is 13.3. The number of hydrogen-bond donors (Lipinski definition) is 1. The maximum Gasteiger partial charge on any atom is 0.351 e. The summed E-state index contributed by atoms with van der Waals surface area (Å²) < 4.78 is 30.8. The zero-order valence-corrected chi connectivity index (χ0v) is 8.58. The van der Waals surface area contributed by atoms with Gasteiger partial charge in [-0.05, 0) is 13.0 Å². The molecule has 2 rings (SSSR count). The van der Waals surface area contributed by atoms with Crippen LogP contribution in [0.5, 0.6) is 5.75 Å². The lowest BCUT2D eigenvalue weighted by atomic mass is 10.1. The molecule has 88 valence electrons. The Labute approximate surface area is 93.1 Å². The fourth-order valence-electron chi connectivity index (χ4n) is 1.53. The first-order valence-electron chi connectivity index (χ1n) is 4.57. The quantitative estimate of drug-likeness (QED) is 0.611. The van der Waals surface area contributed by atoms with Gasteiger partial charge in [-0.25, -0.2) is 13.6 Å². The summed E-state index contributed by atoms with van der Waals surface area (Å²) in [6.45, 7) is 1.04. The SMILES string of the molecule is CC(=O)c1c(O)c2cc(F)cc(F)c2oc1=O. The summed E-state index contributed by atoms with van der Waals surface area (Å²) in [6, 6.07) is 1.29. The van der Waals surface area contributed by atoms with Crippen molar-refractivity contribution in [1.29, 1.82) is 0 Å². The Bertz CT molecular complexity index is 688. The predicted molar refractivity (Wildman–Crippen MR) is 54.1 cm³/mol. The Balaban J connectivity index is 3.02. The number of carbonyl (C=O) groups excluding carboxylic acids is 1. The molecule has 0 amide bonds. The molecule has 1 N–H and O–H groups in total. The van der Waals surface area contributed by atoms with Gasteiger partial charge in [0.15, 0.2) is 17.2 Å². The van der Waals surface area contributed by atoms with Crippen LogP contribution in [-0.2, 0) is 0 Å². The second-order valence-corrected chi connectivity index (χ2v) is 3.43. The van der Waals surface area contributed by atoms with Crippen molar-refractivity contribution in [2.45, 2.75) is 6.92 Å². The van der Waals surface area contributed by atoms with Gasteiger partial charge < -0.3 is 9.52 Å². The lowest BCUT2D eigenvalue weighted by Gasteiger charge is -2.04. The van der Waals surface area contributed by atoms with Gasteiger partial charge in [-0.3, -0.25) is 4.79 Å². The Morgan fingerprint density at radius 2 is 2.00 bits per heavy atom. The van der Waals surface area contributed by atoms with E-state index in [2.05, 4.69) is 4.42 Å². The van der Waals surface area contributed by atoms with E-state index in [9.17, 15) is 23.5 Å². The summed E-state index contributed by atoms with van der Waals surface area (Å²) in [7, 11) is 0. The Morgan fingerprint density at radius 3 is 2.59 bits per heavy atom. The second kappa shape index (κ2) is 3.65. The van der Waals surface area contributed by atoms with Gasteiger partial charge in [-0.15, -0.1) is 0 Å².